The lowest BCUT2D eigenvalue weighted by Crippen LogP contribution is -2.51. The van der Waals surface area contributed by atoms with Crippen LogP contribution in [0.25, 0.3) is 0 Å². The second kappa shape index (κ2) is 16.1. The fourth-order valence-corrected chi connectivity index (χ4v) is 6.88. The number of carbonyl (C=O) groups excluding carboxylic acids is 2. The van der Waals surface area contributed by atoms with E-state index in [9.17, 15) is 23.8 Å². The van der Waals surface area contributed by atoms with Gasteiger partial charge in [-0.25, -0.2) is 4.79 Å². The first-order valence-corrected chi connectivity index (χ1v) is 16.7. The summed E-state index contributed by atoms with van der Waals surface area (Å²) in [6, 6.07) is 21.2. The van der Waals surface area contributed by atoms with Crippen LogP contribution in [0.5, 0.6) is 5.75 Å². The molecule has 1 heterocycles. The minimum atomic E-state index is -3.48. The quantitative estimate of drug-likeness (QED) is 0.124. The van der Waals surface area contributed by atoms with Crippen LogP contribution in [-0.2, 0) is 16.0 Å². The number of aliphatic hydroxyl groups excluding tert-OH is 1. The molecule has 0 spiro atoms. The first-order valence-electron chi connectivity index (χ1n) is 15.2. The Bertz CT molecular complexity index is 1410. The number of nitrogens with two attached hydrogens (primary N) is 1. The SMILES string of the molecule is COc1ccc(NC(=O)[C@@H]2C[C@@H](OC(=O)N[C@@H](Cc3ccccc3)[C@H](O)CN(CC(C)C)S(O)(O)c3ccc(N)cc3)CN2)cc1. The van der Waals surface area contributed by atoms with E-state index in [1.54, 1.807) is 55.6 Å². The fourth-order valence-electron chi connectivity index (χ4n) is 5.21. The molecule has 0 aromatic heterocycles. The number of benzene rings is 3. The van der Waals surface area contributed by atoms with E-state index in [4.69, 9.17) is 15.2 Å². The summed E-state index contributed by atoms with van der Waals surface area (Å²) in [6.45, 7) is 4.30. The predicted octanol–water partition coefficient (Wildman–Crippen LogP) is 4.33. The second-order valence-electron chi connectivity index (χ2n) is 11.8. The second-order valence-corrected chi connectivity index (χ2v) is 13.8. The summed E-state index contributed by atoms with van der Waals surface area (Å²) >= 11 is 0. The molecule has 13 heteroatoms. The summed E-state index contributed by atoms with van der Waals surface area (Å²) in [5.74, 6) is 0.469. The van der Waals surface area contributed by atoms with Gasteiger partial charge in [0.15, 0.2) is 0 Å². The average molecular weight is 656 g/mol. The molecule has 1 saturated heterocycles. The molecule has 1 fully saturated rings. The zero-order chi connectivity index (χ0) is 33.3. The van der Waals surface area contributed by atoms with Gasteiger partial charge in [0, 0.05) is 37.4 Å². The van der Waals surface area contributed by atoms with Gasteiger partial charge in [0.2, 0.25) is 5.91 Å². The summed E-state index contributed by atoms with van der Waals surface area (Å²) in [6.07, 6.45) is -1.98. The van der Waals surface area contributed by atoms with Gasteiger partial charge in [0.1, 0.15) is 11.9 Å². The largest absolute Gasteiger partial charge is 0.497 e. The number of nitrogens with one attached hydrogen (secondary N) is 3. The molecule has 0 unspecified atom stereocenters. The molecule has 0 bridgehead atoms. The number of nitrogens with zero attached hydrogens (tertiary/aromatic N) is 1. The highest BCUT2D eigenvalue weighted by Gasteiger charge is 2.34. The monoisotopic (exact) mass is 655 g/mol. The highest BCUT2D eigenvalue weighted by Crippen LogP contribution is 2.52. The number of rotatable bonds is 14. The smallest absolute Gasteiger partial charge is 0.407 e. The van der Waals surface area contributed by atoms with Crippen LogP contribution in [0.1, 0.15) is 25.8 Å². The number of anilines is 2. The third kappa shape index (κ3) is 9.82. The van der Waals surface area contributed by atoms with Crippen LogP contribution in [0, 0.1) is 5.92 Å². The van der Waals surface area contributed by atoms with Crippen LogP contribution in [0.3, 0.4) is 0 Å². The zero-order valence-electron chi connectivity index (χ0n) is 26.3. The molecule has 46 heavy (non-hydrogen) atoms. The highest BCUT2D eigenvalue weighted by molar-refractivity contribution is 8.22. The van der Waals surface area contributed by atoms with E-state index in [0.29, 0.717) is 17.1 Å². The van der Waals surface area contributed by atoms with Gasteiger partial charge in [-0.2, -0.15) is 4.31 Å². The summed E-state index contributed by atoms with van der Waals surface area (Å²) < 4.78 is 34.9. The van der Waals surface area contributed by atoms with E-state index in [1.165, 1.54) is 4.31 Å². The van der Waals surface area contributed by atoms with Crippen LogP contribution in [0.4, 0.5) is 16.2 Å². The molecule has 4 atom stereocenters. The molecule has 0 aliphatic carbocycles. The molecule has 3 aromatic rings. The van der Waals surface area contributed by atoms with Crippen molar-refractivity contribution in [2.24, 2.45) is 5.92 Å². The number of alkyl carbamates (subject to hydrolysis) is 1. The number of hydrogen-bond acceptors (Lipinski definition) is 10. The van der Waals surface area contributed by atoms with Crippen molar-refractivity contribution in [3.8, 4) is 5.75 Å². The molecular formula is C33H45N5O7S. The third-order valence-electron chi connectivity index (χ3n) is 7.62. The van der Waals surface area contributed by atoms with Gasteiger partial charge in [-0.1, -0.05) is 44.2 Å². The van der Waals surface area contributed by atoms with E-state index >= 15 is 0 Å². The van der Waals surface area contributed by atoms with Crippen molar-refractivity contribution < 1.29 is 33.3 Å². The number of hydrogen-bond donors (Lipinski definition) is 7. The van der Waals surface area contributed by atoms with Crippen LogP contribution in [-0.4, -0.2) is 81.6 Å². The lowest BCUT2D eigenvalue weighted by molar-refractivity contribution is -0.118. The van der Waals surface area contributed by atoms with Crippen LogP contribution < -0.4 is 26.4 Å². The molecule has 8 N–H and O–H groups in total. The van der Waals surface area contributed by atoms with Crippen molar-refractivity contribution in [1.29, 1.82) is 0 Å². The number of methoxy groups -OCH3 is 1. The van der Waals surface area contributed by atoms with Crippen molar-refractivity contribution in [1.82, 2.24) is 14.9 Å². The zero-order valence-corrected chi connectivity index (χ0v) is 27.2. The number of amides is 2. The standard InChI is InChI=1S/C33H45N5O7S/c1-22(2)20-38(46(42,43)28-15-9-24(34)10-16-28)21-31(39)29(17-23-7-5-4-6-8-23)37-33(41)45-27-18-30(35-19-27)32(40)36-25-11-13-26(44-3)14-12-25/h4-16,22,27,29-31,35,39,42-43H,17-21,34H2,1-3H3,(H,36,40)(H,37,41)/t27-,29+,30+,31-/m1/s1. The predicted molar refractivity (Wildman–Crippen MR) is 180 cm³/mol. The highest BCUT2D eigenvalue weighted by atomic mass is 32.3. The average Bonchev–Trinajstić information content (AvgIpc) is 3.49. The van der Waals surface area contributed by atoms with Crippen LogP contribution in [0.15, 0.2) is 83.8 Å². The van der Waals surface area contributed by atoms with E-state index < -0.39 is 41.2 Å². The van der Waals surface area contributed by atoms with Crippen molar-refractivity contribution in [3.05, 3.63) is 84.4 Å². The Morgan fingerprint density at radius 2 is 1.70 bits per heavy atom. The van der Waals surface area contributed by atoms with E-state index in [0.717, 1.165) is 5.56 Å². The van der Waals surface area contributed by atoms with Gasteiger partial charge in [-0.3, -0.25) is 13.9 Å². The van der Waals surface area contributed by atoms with E-state index in [2.05, 4.69) is 16.0 Å². The Morgan fingerprint density at radius 1 is 1.02 bits per heavy atom. The van der Waals surface area contributed by atoms with Crippen LogP contribution in [0.2, 0.25) is 0 Å². The van der Waals surface area contributed by atoms with Gasteiger partial charge < -0.3 is 36.3 Å². The topological polar surface area (TPSA) is 179 Å². The minimum absolute atomic E-state index is 0.0439. The molecule has 0 radical (unpaired) electrons. The molecule has 2 amide bonds. The molecule has 250 valence electrons. The molecular weight excluding hydrogens is 610 g/mol. The number of aliphatic hydroxyl groups is 1. The normalized spacial score (nSPS) is 18.2. The van der Waals surface area contributed by atoms with Gasteiger partial charge in [0.05, 0.1) is 30.2 Å². The Balaban J connectivity index is 1.41. The van der Waals surface area contributed by atoms with Gasteiger partial charge in [-0.15, -0.1) is 10.8 Å². The van der Waals surface area contributed by atoms with Crippen molar-refractivity contribution in [3.63, 3.8) is 0 Å². The van der Waals surface area contributed by atoms with Gasteiger partial charge >= 0.3 is 6.09 Å². The summed E-state index contributed by atoms with van der Waals surface area (Å²) in [7, 11) is -1.91. The lowest BCUT2D eigenvalue weighted by atomic mass is 10.0. The fraction of sp³-hybridized carbons (Fsp3) is 0.394. The number of carbonyl (C=O) groups is 2. The van der Waals surface area contributed by atoms with E-state index in [-0.39, 0.29) is 49.2 Å². The maximum absolute atomic E-state index is 13.1. The number of nitrogen functional groups attached to an aromatic ring is 1. The van der Waals surface area contributed by atoms with Crippen molar-refractivity contribution >= 4 is 34.2 Å². The van der Waals surface area contributed by atoms with Crippen LogP contribution >= 0.6 is 10.8 Å². The third-order valence-corrected chi connectivity index (χ3v) is 9.54. The Hall–Kier alpha value is -3.85. The molecule has 1 aliphatic heterocycles. The first-order chi connectivity index (χ1) is 21.9. The number of ether oxygens (including phenoxy) is 2. The lowest BCUT2D eigenvalue weighted by Gasteiger charge is -2.45. The van der Waals surface area contributed by atoms with Gasteiger partial charge in [0.25, 0.3) is 0 Å². The van der Waals surface area contributed by atoms with E-state index in [1.807, 2.05) is 44.2 Å². The Morgan fingerprint density at radius 3 is 2.33 bits per heavy atom. The van der Waals surface area contributed by atoms with Gasteiger partial charge in [-0.05, 0) is 66.4 Å². The molecule has 12 nitrogen and oxygen atoms in total. The maximum atomic E-state index is 13.1. The first kappa shape index (κ1) is 35.0. The van der Waals surface area contributed by atoms with Crippen molar-refractivity contribution in [2.75, 3.05) is 37.8 Å². The molecule has 0 saturated carbocycles. The Labute approximate surface area is 271 Å². The summed E-state index contributed by atoms with van der Waals surface area (Å²) in [4.78, 5) is 26.2. The minimum Gasteiger partial charge on any atom is -0.497 e. The van der Waals surface area contributed by atoms with Crippen molar-refractivity contribution in [2.45, 2.75) is 55.9 Å². The maximum Gasteiger partial charge on any atom is 0.407 e. The Kier molecular flexibility index (Phi) is 12.3. The molecule has 4 rings (SSSR count). The summed E-state index contributed by atoms with van der Waals surface area (Å²) in [5.41, 5.74) is 7.77. The molecule has 3 aromatic carbocycles. The summed E-state index contributed by atoms with van der Waals surface area (Å²) in [5, 5.41) is 20.2. The molecule has 1 aliphatic rings.